The summed E-state index contributed by atoms with van der Waals surface area (Å²) in [5, 5.41) is 0.409. The fourth-order valence-electron chi connectivity index (χ4n) is 4.46. The van der Waals surface area contributed by atoms with Crippen LogP contribution in [-0.2, 0) is 13.6 Å². The van der Waals surface area contributed by atoms with Crippen LogP contribution in [0.2, 0.25) is 0 Å². The molecule has 1 amide bonds. The van der Waals surface area contributed by atoms with E-state index in [9.17, 15) is 14.4 Å². The Bertz CT molecular complexity index is 1440. The van der Waals surface area contributed by atoms with Gasteiger partial charge in [-0.2, -0.15) is 0 Å². The number of benzene rings is 2. The maximum Gasteiger partial charge on any atom is 0.332 e. The van der Waals surface area contributed by atoms with Gasteiger partial charge in [0.1, 0.15) is 5.65 Å². The number of hydrogen-bond acceptors (Lipinski definition) is 4. The first-order valence-electron chi connectivity index (χ1n) is 11.0. The number of aromatic nitrogens is 3. The minimum absolute atomic E-state index is 0.00810. The highest BCUT2D eigenvalue weighted by Gasteiger charge is 2.29. The van der Waals surface area contributed by atoms with E-state index in [2.05, 4.69) is 0 Å². The van der Waals surface area contributed by atoms with Crippen LogP contribution in [0.3, 0.4) is 0 Å². The minimum atomic E-state index is -0.395. The van der Waals surface area contributed by atoms with E-state index in [1.165, 1.54) is 7.05 Å². The van der Waals surface area contributed by atoms with Gasteiger partial charge in [-0.25, -0.2) is 9.78 Å². The van der Waals surface area contributed by atoms with Crippen molar-refractivity contribution in [2.24, 2.45) is 7.05 Å². The molecule has 33 heavy (non-hydrogen) atoms. The number of carbonyl (C=O) groups excluding carboxylic acids is 1. The van der Waals surface area contributed by atoms with Gasteiger partial charge in [0, 0.05) is 37.3 Å². The smallest absolute Gasteiger partial charge is 0.332 e. The summed E-state index contributed by atoms with van der Waals surface area (Å²) in [6, 6.07) is 22.5. The third-order valence-corrected chi connectivity index (χ3v) is 6.30. The van der Waals surface area contributed by atoms with Crippen LogP contribution in [0.15, 0.2) is 82.4 Å². The summed E-state index contributed by atoms with van der Waals surface area (Å²) < 4.78 is 2.68. The molecule has 1 fully saturated rings. The molecule has 2 aromatic carbocycles. The standard InChI is InChI=1S/C26H24N4O3/c1-28-25(32)21-12-13-22(20-14-15-29(17-20)24(31)19-10-6-3-7-11-19)27-23(21)30(26(28)33)16-18-8-4-2-5-9-18/h2-13,20H,14-17H2,1H3/t20-/m1/s1. The van der Waals surface area contributed by atoms with Crippen LogP contribution in [0.1, 0.15) is 34.0 Å². The Hall–Kier alpha value is -4.00. The van der Waals surface area contributed by atoms with Crippen LogP contribution in [0.5, 0.6) is 0 Å². The minimum Gasteiger partial charge on any atom is -0.338 e. The van der Waals surface area contributed by atoms with Crippen LogP contribution in [-0.4, -0.2) is 38.0 Å². The molecule has 5 rings (SSSR count). The van der Waals surface area contributed by atoms with Gasteiger partial charge in [-0.1, -0.05) is 48.5 Å². The van der Waals surface area contributed by atoms with Gasteiger partial charge in [0.05, 0.1) is 11.9 Å². The van der Waals surface area contributed by atoms with Crippen molar-refractivity contribution in [1.29, 1.82) is 0 Å². The summed E-state index contributed by atoms with van der Waals surface area (Å²) in [6.07, 6.45) is 0.783. The third kappa shape index (κ3) is 3.86. The highest BCUT2D eigenvalue weighted by Crippen LogP contribution is 2.28. The summed E-state index contributed by atoms with van der Waals surface area (Å²) in [4.78, 5) is 45.2. The van der Waals surface area contributed by atoms with Crippen molar-refractivity contribution in [1.82, 2.24) is 19.0 Å². The largest absolute Gasteiger partial charge is 0.338 e. The fourth-order valence-corrected chi connectivity index (χ4v) is 4.46. The molecule has 0 saturated carbocycles. The van der Waals surface area contributed by atoms with Gasteiger partial charge < -0.3 is 4.90 Å². The molecule has 1 atom stereocenters. The number of rotatable bonds is 4. The lowest BCUT2D eigenvalue weighted by Gasteiger charge is -2.17. The Balaban J connectivity index is 1.51. The lowest BCUT2D eigenvalue weighted by molar-refractivity contribution is 0.0790. The molecule has 0 radical (unpaired) electrons. The van der Waals surface area contributed by atoms with Gasteiger partial charge in [-0.15, -0.1) is 0 Å². The quantitative estimate of drug-likeness (QED) is 0.489. The number of likely N-dealkylation sites (tertiary alicyclic amines) is 1. The molecule has 4 aromatic rings. The number of nitrogens with zero attached hydrogens (tertiary/aromatic N) is 4. The van der Waals surface area contributed by atoms with E-state index in [0.717, 1.165) is 22.2 Å². The third-order valence-electron chi connectivity index (χ3n) is 6.30. The first kappa shape index (κ1) is 20.9. The second-order valence-electron chi connectivity index (χ2n) is 8.43. The molecule has 1 saturated heterocycles. The molecular weight excluding hydrogens is 416 g/mol. The summed E-state index contributed by atoms with van der Waals surface area (Å²) in [5.74, 6) is 0.0557. The predicted octanol–water partition coefficient (Wildman–Crippen LogP) is 2.77. The highest BCUT2D eigenvalue weighted by atomic mass is 16.2. The molecule has 2 aromatic heterocycles. The van der Waals surface area contributed by atoms with Crippen LogP contribution in [0.4, 0.5) is 0 Å². The van der Waals surface area contributed by atoms with E-state index in [1.807, 2.05) is 71.6 Å². The van der Waals surface area contributed by atoms with E-state index < -0.39 is 5.69 Å². The number of carbonyl (C=O) groups is 1. The van der Waals surface area contributed by atoms with Gasteiger partial charge >= 0.3 is 5.69 Å². The number of amides is 1. The van der Waals surface area contributed by atoms with E-state index in [-0.39, 0.29) is 17.4 Å². The zero-order valence-electron chi connectivity index (χ0n) is 18.3. The topological polar surface area (TPSA) is 77.2 Å². The average molecular weight is 441 g/mol. The van der Waals surface area contributed by atoms with Crippen molar-refractivity contribution in [2.45, 2.75) is 18.9 Å². The monoisotopic (exact) mass is 440 g/mol. The Morgan fingerprint density at radius 3 is 2.39 bits per heavy atom. The fraction of sp³-hybridized carbons (Fsp3) is 0.231. The van der Waals surface area contributed by atoms with Crippen molar-refractivity contribution in [3.63, 3.8) is 0 Å². The van der Waals surface area contributed by atoms with Gasteiger partial charge in [-0.3, -0.25) is 18.7 Å². The Morgan fingerprint density at radius 2 is 1.67 bits per heavy atom. The van der Waals surface area contributed by atoms with E-state index in [1.54, 1.807) is 10.6 Å². The molecule has 166 valence electrons. The summed E-state index contributed by atoms with van der Waals surface area (Å²) in [5.41, 5.74) is 2.05. The van der Waals surface area contributed by atoms with Crippen LogP contribution >= 0.6 is 0 Å². The average Bonchev–Trinajstić information content (AvgIpc) is 3.36. The van der Waals surface area contributed by atoms with Crippen LogP contribution in [0, 0.1) is 0 Å². The first-order valence-corrected chi connectivity index (χ1v) is 11.0. The molecule has 1 aliphatic heterocycles. The zero-order valence-corrected chi connectivity index (χ0v) is 18.3. The molecule has 7 nitrogen and oxygen atoms in total. The molecule has 0 unspecified atom stereocenters. The Labute approximate surface area is 190 Å². The maximum absolute atomic E-state index is 13.0. The van der Waals surface area contributed by atoms with Gasteiger partial charge in [-0.05, 0) is 36.2 Å². The number of hydrogen-bond donors (Lipinski definition) is 0. The maximum atomic E-state index is 13.0. The second kappa shape index (κ2) is 8.50. The molecule has 7 heteroatoms. The molecular formula is C26H24N4O3. The summed E-state index contributed by atoms with van der Waals surface area (Å²) in [6.45, 7) is 1.52. The normalized spacial score (nSPS) is 15.8. The van der Waals surface area contributed by atoms with Gasteiger partial charge in [0.2, 0.25) is 0 Å². The Morgan fingerprint density at radius 1 is 0.970 bits per heavy atom. The lowest BCUT2D eigenvalue weighted by Crippen LogP contribution is -2.38. The molecule has 1 aliphatic rings. The van der Waals surface area contributed by atoms with Crippen molar-refractivity contribution < 1.29 is 4.79 Å². The lowest BCUT2D eigenvalue weighted by atomic mass is 10.0. The molecule has 3 heterocycles. The van der Waals surface area contributed by atoms with Gasteiger partial charge in [0.15, 0.2) is 0 Å². The predicted molar refractivity (Wildman–Crippen MR) is 126 cm³/mol. The SMILES string of the molecule is Cn1c(=O)c2ccc([C@@H]3CCN(C(=O)c4ccccc4)C3)nc2n(Cc2ccccc2)c1=O. The molecule has 0 aliphatic carbocycles. The molecule has 0 N–H and O–H groups in total. The van der Waals surface area contributed by atoms with Crippen molar-refractivity contribution in [3.8, 4) is 0 Å². The number of pyridine rings is 1. The number of fused-ring (bicyclic) bond motifs is 1. The van der Waals surface area contributed by atoms with Crippen molar-refractivity contribution in [3.05, 3.63) is 110 Å². The van der Waals surface area contributed by atoms with Crippen LogP contribution < -0.4 is 11.2 Å². The summed E-state index contributed by atoms with van der Waals surface area (Å²) in [7, 11) is 1.49. The van der Waals surface area contributed by atoms with Gasteiger partial charge in [0.25, 0.3) is 11.5 Å². The van der Waals surface area contributed by atoms with Crippen molar-refractivity contribution >= 4 is 16.9 Å². The highest BCUT2D eigenvalue weighted by molar-refractivity contribution is 5.94. The zero-order chi connectivity index (χ0) is 22.9. The molecule has 0 spiro atoms. The van der Waals surface area contributed by atoms with E-state index >= 15 is 0 Å². The van der Waals surface area contributed by atoms with E-state index in [0.29, 0.717) is 36.2 Å². The molecule has 0 bridgehead atoms. The Kier molecular flexibility index (Phi) is 5.38. The van der Waals surface area contributed by atoms with Crippen molar-refractivity contribution in [2.75, 3.05) is 13.1 Å². The first-order chi connectivity index (χ1) is 16.0. The summed E-state index contributed by atoms with van der Waals surface area (Å²) >= 11 is 0. The van der Waals surface area contributed by atoms with E-state index in [4.69, 9.17) is 4.98 Å². The van der Waals surface area contributed by atoms with Crippen LogP contribution in [0.25, 0.3) is 11.0 Å². The second-order valence-corrected chi connectivity index (χ2v) is 8.43.